The predicted molar refractivity (Wildman–Crippen MR) is 106 cm³/mol. The molecule has 1 unspecified atom stereocenters. The molecule has 1 atom stereocenters. The molecule has 4 rings (SSSR count). The summed E-state index contributed by atoms with van der Waals surface area (Å²) in [5.41, 5.74) is 3.74. The largest absolute Gasteiger partial charge is 0.361 e. The summed E-state index contributed by atoms with van der Waals surface area (Å²) in [5.74, 6) is 1.11. The van der Waals surface area contributed by atoms with Crippen molar-refractivity contribution in [2.45, 2.75) is 66.0 Å². The van der Waals surface area contributed by atoms with Crippen LogP contribution >= 0.6 is 0 Å². The second-order valence-electron chi connectivity index (χ2n) is 9.08. The summed E-state index contributed by atoms with van der Waals surface area (Å²) in [4.78, 5) is 24.0. The maximum atomic E-state index is 12.8. The van der Waals surface area contributed by atoms with Gasteiger partial charge >= 0.3 is 0 Å². The molecule has 2 amide bonds. The van der Waals surface area contributed by atoms with Crippen LogP contribution in [0.5, 0.6) is 0 Å². The van der Waals surface area contributed by atoms with Gasteiger partial charge in [-0.1, -0.05) is 19.0 Å². The molecule has 1 aliphatic heterocycles. The van der Waals surface area contributed by atoms with Crippen LogP contribution in [0.3, 0.4) is 0 Å². The maximum Gasteiger partial charge on any atom is 0.255 e. The number of hydrogen-bond acceptors (Lipinski definition) is 5. The maximum absolute atomic E-state index is 12.8. The van der Waals surface area contributed by atoms with Gasteiger partial charge in [0.05, 0.1) is 24.0 Å². The van der Waals surface area contributed by atoms with Gasteiger partial charge in [-0.2, -0.15) is 5.10 Å². The minimum Gasteiger partial charge on any atom is -0.361 e. The molecule has 2 aromatic heterocycles. The van der Waals surface area contributed by atoms with Crippen LogP contribution in [0.1, 0.15) is 66.7 Å². The topological polar surface area (TPSA) is 102 Å². The average molecular weight is 399 g/mol. The van der Waals surface area contributed by atoms with Crippen molar-refractivity contribution in [1.29, 1.82) is 0 Å². The molecule has 0 saturated carbocycles. The zero-order valence-corrected chi connectivity index (χ0v) is 17.4. The van der Waals surface area contributed by atoms with E-state index in [1.54, 1.807) is 6.20 Å². The Morgan fingerprint density at radius 2 is 2.17 bits per heavy atom. The predicted octanol–water partition coefficient (Wildman–Crippen LogP) is 2.01. The molecular weight excluding hydrogens is 370 g/mol. The van der Waals surface area contributed by atoms with Crippen molar-refractivity contribution in [3.05, 3.63) is 34.5 Å². The zero-order valence-electron chi connectivity index (χ0n) is 17.4. The number of hydrogen-bond donors (Lipinski definition) is 2. The first-order valence-corrected chi connectivity index (χ1v) is 10.4. The van der Waals surface area contributed by atoms with Crippen molar-refractivity contribution in [1.82, 2.24) is 25.6 Å². The van der Waals surface area contributed by atoms with E-state index in [1.807, 2.05) is 4.68 Å². The summed E-state index contributed by atoms with van der Waals surface area (Å²) in [6.07, 6.45) is 6.23. The smallest absolute Gasteiger partial charge is 0.255 e. The van der Waals surface area contributed by atoms with Crippen molar-refractivity contribution in [2.24, 2.45) is 11.3 Å². The Labute approximate surface area is 170 Å². The van der Waals surface area contributed by atoms with Gasteiger partial charge in [-0.25, -0.2) is 0 Å². The Morgan fingerprint density at radius 3 is 2.97 bits per heavy atom. The lowest BCUT2D eigenvalue weighted by Crippen LogP contribution is -2.33. The molecule has 2 aliphatic rings. The minimum atomic E-state index is -0.141. The number of amides is 2. The summed E-state index contributed by atoms with van der Waals surface area (Å²) < 4.78 is 7.40. The highest BCUT2D eigenvalue weighted by atomic mass is 16.5. The number of carbonyl (C=O) groups is 2. The van der Waals surface area contributed by atoms with Gasteiger partial charge in [0.25, 0.3) is 5.91 Å². The van der Waals surface area contributed by atoms with Gasteiger partial charge in [-0.05, 0) is 37.0 Å². The van der Waals surface area contributed by atoms with Crippen molar-refractivity contribution in [2.75, 3.05) is 6.54 Å². The molecule has 8 nitrogen and oxygen atoms in total. The van der Waals surface area contributed by atoms with E-state index in [9.17, 15) is 9.59 Å². The number of aromatic nitrogens is 3. The van der Waals surface area contributed by atoms with Gasteiger partial charge < -0.3 is 15.2 Å². The van der Waals surface area contributed by atoms with E-state index in [2.05, 4.69) is 34.7 Å². The van der Waals surface area contributed by atoms with Gasteiger partial charge in [0.15, 0.2) is 0 Å². The van der Waals surface area contributed by atoms with E-state index in [0.717, 1.165) is 61.4 Å². The highest BCUT2D eigenvalue weighted by Gasteiger charge is 2.31. The van der Waals surface area contributed by atoms with Crippen LogP contribution < -0.4 is 10.6 Å². The summed E-state index contributed by atoms with van der Waals surface area (Å²) in [5, 5.41) is 14.5. The monoisotopic (exact) mass is 399 g/mol. The van der Waals surface area contributed by atoms with E-state index in [1.165, 1.54) is 6.92 Å². The second-order valence-corrected chi connectivity index (χ2v) is 9.08. The minimum absolute atomic E-state index is 0.0267. The molecule has 156 valence electrons. The van der Waals surface area contributed by atoms with Gasteiger partial charge in [-0.3, -0.25) is 14.3 Å². The van der Waals surface area contributed by atoms with Crippen LogP contribution in [0, 0.1) is 11.3 Å². The first-order chi connectivity index (χ1) is 13.8. The Kier molecular flexibility index (Phi) is 5.19. The molecule has 0 aromatic carbocycles. The summed E-state index contributed by atoms with van der Waals surface area (Å²) in [6.45, 7) is 7.77. The zero-order chi connectivity index (χ0) is 20.6. The van der Waals surface area contributed by atoms with Crippen LogP contribution in [0.4, 0.5) is 0 Å². The highest BCUT2D eigenvalue weighted by molar-refractivity contribution is 5.95. The number of rotatable bonds is 5. The first-order valence-electron chi connectivity index (χ1n) is 10.4. The van der Waals surface area contributed by atoms with Crippen molar-refractivity contribution in [3.8, 4) is 0 Å². The summed E-state index contributed by atoms with van der Waals surface area (Å²) in [6, 6.07) is 0. The SMILES string of the molecule is CC(=O)NCC1CCn2ncc(C(=O)NCc3noc4c3CC(C)(C)CC4)c2C1. The molecule has 0 fully saturated rings. The molecular formula is C21H29N5O3. The van der Waals surface area contributed by atoms with E-state index < -0.39 is 0 Å². The standard InChI is InChI=1S/C21H29N5O3/c1-13(27)22-10-14-5-7-26-18(8-14)16(11-24-26)20(28)23-12-17-15-9-21(2,3)6-4-19(15)29-25-17/h11,14H,4-10,12H2,1-3H3,(H,22,27)(H,23,28). The van der Waals surface area contributed by atoms with Gasteiger partial charge in [0, 0.05) is 32.0 Å². The molecule has 0 spiro atoms. The Hall–Kier alpha value is -2.64. The van der Waals surface area contributed by atoms with Gasteiger partial charge in [0.2, 0.25) is 5.91 Å². The molecule has 8 heteroatoms. The number of nitrogens with zero attached hydrogens (tertiary/aromatic N) is 3. The van der Waals surface area contributed by atoms with Crippen LogP contribution in [-0.2, 0) is 37.1 Å². The second kappa shape index (κ2) is 7.65. The van der Waals surface area contributed by atoms with E-state index >= 15 is 0 Å². The summed E-state index contributed by atoms with van der Waals surface area (Å²) >= 11 is 0. The van der Waals surface area contributed by atoms with Crippen molar-refractivity contribution < 1.29 is 14.1 Å². The molecule has 29 heavy (non-hydrogen) atoms. The fourth-order valence-electron chi connectivity index (χ4n) is 4.35. The third kappa shape index (κ3) is 4.21. The normalized spacial score (nSPS) is 19.9. The highest BCUT2D eigenvalue weighted by Crippen LogP contribution is 2.36. The molecule has 2 N–H and O–H groups in total. The molecule has 2 aromatic rings. The fraction of sp³-hybridized carbons (Fsp3) is 0.619. The lowest BCUT2D eigenvalue weighted by atomic mass is 9.76. The van der Waals surface area contributed by atoms with Crippen LogP contribution in [0.15, 0.2) is 10.7 Å². The lowest BCUT2D eigenvalue weighted by molar-refractivity contribution is -0.119. The van der Waals surface area contributed by atoms with Crippen molar-refractivity contribution in [3.63, 3.8) is 0 Å². The number of nitrogens with one attached hydrogen (secondary N) is 2. The van der Waals surface area contributed by atoms with Crippen molar-refractivity contribution >= 4 is 11.8 Å². The lowest BCUT2D eigenvalue weighted by Gasteiger charge is -2.28. The molecule has 0 bridgehead atoms. The Balaban J connectivity index is 1.42. The molecule has 0 saturated heterocycles. The van der Waals surface area contributed by atoms with Gasteiger partial charge in [0.1, 0.15) is 11.5 Å². The molecule has 0 radical (unpaired) electrons. The number of carbonyl (C=O) groups excluding carboxylic acids is 2. The first kappa shape index (κ1) is 19.7. The van der Waals surface area contributed by atoms with E-state index in [-0.39, 0.29) is 17.2 Å². The molecule has 1 aliphatic carbocycles. The van der Waals surface area contributed by atoms with E-state index in [4.69, 9.17) is 4.52 Å². The van der Waals surface area contributed by atoms with Crippen LogP contribution in [0.25, 0.3) is 0 Å². The number of aryl methyl sites for hydroxylation is 2. The third-order valence-corrected chi connectivity index (χ3v) is 6.12. The third-order valence-electron chi connectivity index (χ3n) is 6.12. The van der Waals surface area contributed by atoms with Gasteiger partial charge in [-0.15, -0.1) is 0 Å². The van der Waals surface area contributed by atoms with Crippen LogP contribution in [0.2, 0.25) is 0 Å². The number of fused-ring (bicyclic) bond motifs is 2. The average Bonchev–Trinajstić information content (AvgIpc) is 3.27. The van der Waals surface area contributed by atoms with E-state index in [0.29, 0.717) is 24.6 Å². The molecule has 3 heterocycles. The quantitative estimate of drug-likeness (QED) is 0.801. The van der Waals surface area contributed by atoms with Crippen LogP contribution in [-0.4, -0.2) is 33.3 Å². The Bertz CT molecular complexity index is 927. The summed E-state index contributed by atoms with van der Waals surface area (Å²) in [7, 11) is 0. The Morgan fingerprint density at radius 1 is 1.34 bits per heavy atom. The fourth-order valence-corrected chi connectivity index (χ4v) is 4.35.